The Labute approximate surface area is 82.9 Å². The average Bonchev–Trinajstić information content (AvgIpc) is 2.30. The van der Waals surface area contributed by atoms with Crippen molar-refractivity contribution in [3.05, 3.63) is 12.0 Å². The van der Waals surface area contributed by atoms with Gasteiger partial charge in [-0.25, -0.2) is 9.78 Å². The Balaban J connectivity index is 2.50. The number of anilines is 1. The van der Waals surface area contributed by atoms with Gasteiger partial charge in [-0.3, -0.25) is 5.32 Å². The van der Waals surface area contributed by atoms with Crippen molar-refractivity contribution in [1.29, 1.82) is 0 Å². The van der Waals surface area contributed by atoms with Crippen molar-refractivity contribution in [2.75, 3.05) is 5.32 Å². The zero-order valence-corrected chi connectivity index (χ0v) is 8.84. The summed E-state index contributed by atoms with van der Waals surface area (Å²) in [6.45, 7) is 7.24. The van der Waals surface area contributed by atoms with Gasteiger partial charge in [0, 0.05) is 0 Å². The topological polar surface area (TPSA) is 67.0 Å². The largest absolute Gasteiger partial charge is 0.444 e. The van der Waals surface area contributed by atoms with E-state index in [1.54, 1.807) is 13.1 Å². The summed E-state index contributed by atoms with van der Waals surface area (Å²) in [5, 5.41) is 2.54. The lowest BCUT2D eigenvalue weighted by Crippen LogP contribution is -2.27. The number of nitrogens with one attached hydrogen (secondary N) is 2. The van der Waals surface area contributed by atoms with E-state index in [0.29, 0.717) is 5.82 Å². The fraction of sp³-hybridized carbons (Fsp3) is 0.556. The highest BCUT2D eigenvalue weighted by Gasteiger charge is 2.16. The lowest BCUT2D eigenvalue weighted by molar-refractivity contribution is 0.0635. The SMILES string of the molecule is Cc1ncc(NC(=O)OC(C)(C)C)[nH]1. The summed E-state index contributed by atoms with van der Waals surface area (Å²) in [7, 11) is 0. The fourth-order valence-corrected chi connectivity index (χ4v) is 0.898. The number of aromatic nitrogens is 2. The lowest BCUT2D eigenvalue weighted by Gasteiger charge is -2.19. The van der Waals surface area contributed by atoms with Gasteiger partial charge in [-0.15, -0.1) is 0 Å². The first-order valence-electron chi connectivity index (χ1n) is 4.38. The molecule has 0 bridgehead atoms. The number of imidazole rings is 1. The summed E-state index contributed by atoms with van der Waals surface area (Å²) in [4.78, 5) is 18.1. The zero-order valence-electron chi connectivity index (χ0n) is 8.84. The summed E-state index contributed by atoms with van der Waals surface area (Å²) in [5.74, 6) is 1.29. The molecule has 0 aliphatic heterocycles. The molecule has 0 aliphatic rings. The molecule has 1 amide bonds. The molecular formula is C9H15N3O2. The van der Waals surface area contributed by atoms with Crippen LogP contribution >= 0.6 is 0 Å². The number of hydrogen-bond donors (Lipinski definition) is 2. The van der Waals surface area contributed by atoms with Gasteiger partial charge in [-0.2, -0.15) is 0 Å². The van der Waals surface area contributed by atoms with Gasteiger partial charge >= 0.3 is 6.09 Å². The summed E-state index contributed by atoms with van der Waals surface area (Å²) >= 11 is 0. The van der Waals surface area contributed by atoms with Gasteiger partial charge in [-0.1, -0.05) is 0 Å². The molecule has 0 unspecified atom stereocenters. The lowest BCUT2D eigenvalue weighted by atomic mass is 10.2. The van der Waals surface area contributed by atoms with Gasteiger partial charge < -0.3 is 9.72 Å². The number of carbonyl (C=O) groups is 1. The van der Waals surface area contributed by atoms with Crippen LogP contribution < -0.4 is 5.32 Å². The number of rotatable bonds is 1. The Kier molecular flexibility index (Phi) is 2.78. The molecule has 2 N–H and O–H groups in total. The van der Waals surface area contributed by atoms with Crippen LogP contribution in [-0.2, 0) is 4.74 Å². The van der Waals surface area contributed by atoms with Gasteiger partial charge in [0.1, 0.15) is 17.2 Å². The number of aromatic amines is 1. The maximum absolute atomic E-state index is 11.3. The zero-order chi connectivity index (χ0) is 10.8. The molecule has 0 spiro atoms. The molecule has 0 aliphatic carbocycles. The maximum Gasteiger partial charge on any atom is 0.413 e. The van der Waals surface area contributed by atoms with Crippen molar-refractivity contribution >= 4 is 11.9 Å². The first-order valence-corrected chi connectivity index (χ1v) is 4.38. The van der Waals surface area contributed by atoms with Crippen LogP contribution in [0.25, 0.3) is 0 Å². The molecule has 1 rings (SSSR count). The molecular weight excluding hydrogens is 182 g/mol. The van der Waals surface area contributed by atoms with E-state index in [9.17, 15) is 4.79 Å². The second-order valence-corrected chi connectivity index (χ2v) is 4.01. The number of hydrogen-bond acceptors (Lipinski definition) is 3. The van der Waals surface area contributed by atoms with Crippen molar-refractivity contribution in [3.8, 4) is 0 Å². The molecule has 14 heavy (non-hydrogen) atoms. The molecule has 0 radical (unpaired) electrons. The van der Waals surface area contributed by atoms with Crippen molar-refractivity contribution in [2.24, 2.45) is 0 Å². The van der Waals surface area contributed by atoms with Gasteiger partial charge in [-0.05, 0) is 27.7 Å². The van der Waals surface area contributed by atoms with Gasteiger partial charge in [0.2, 0.25) is 0 Å². The Hall–Kier alpha value is -1.52. The van der Waals surface area contributed by atoms with E-state index in [1.165, 1.54) is 0 Å². The highest BCUT2D eigenvalue weighted by Crippen LogP contribution is 2.09. The van der Waals surface area contributed by atoms with Gasteiger partial charge in [0.05, 0.1) is 6.20 Å². The minimum Gasteiger partial charge on any atom is -0.444 e. The van der Waals surface area contributed by atoms with Crippen LogP contribution in [0.3, 0.4) is 0 Å². The first kappa shape index (κ1) is 10.6. The van der Waals surface area contributed by atoms with Crippen molar-refractivity contribution in [2.45, 2.75) is 33.3 Å². The fourth-order valence-electron chi connectivity index (χ4n) is 0.898. The van der Waals surface area contributed by atoms with Gasteiger partial charge in [0.15, 0.2) is 0 Å². The van der Waals surface area contributed by atoms with Crippen molar-refractivity contribution in [1.82, 2.24) is 9.97 Å². The molecule has 5 heteroatoms. The maximum atomic E-state index is 11.3. The van der Waals surface area contributed by atoms with Crippen molar-refractivity contribution in [3.63, 3.8) is 0 Å². The third-order valence-corrected chi connectivity index (χ3v) is 1.34. The third-order valence-electron chi connectivity index (χ3n) is 1.34. The van der Waals surface area contributed by atoms with E-state index in [-0.39, 0.29) is 0 Å². The quantitative estimate of drug-likeness (QED) is 0.724. The standard InChI is InChI=1S/C9H15N3O2/c1-6-10-5-7(11-6)12-8(13)14-9(2,3)4/h5H,1-4H3,(H,10,11)(H,12,13). The summed E-state index contributed by atoms with van der Waals surface area (Å²) in [6, 6.07) is 0. The highest BCUT2D eigenvalue weighted by atomic mass is 16.6. The smallest absolute Gasteiger partial charge is 0.413 e. The molecule has 0 fully saturated rings. The van der Waals surface area contributed by atoms with Crippen molar-refractivity contribution < 1.29 is 9.53 Å². The van der Waals surface area contributed by atoms with Crippen LogP contribution in [0.1, 0.15) is 26.6 Å². The number of ether oxygens (including phenoxy) is 1. The third kappa shape index (κ3) is 3.47. The summed E-state index contributed by atoms with van der Waals surface area (Å²) < 4.78 is 5.05. The van der Waals surface area contributed by atoms with E-state index >= 15 is 0 Å². The Bertz CT molecular complexity index is 325. The first-order chi connectivity index (χ1) is 6.37. The molecule has 5 nitrogen and oxygen atoms in total. The van der Waals surface area contributed by atoms with E-state index in [2.05, 4.69) is 15.3 Å². The van der Waals surface area contributed by atoms with Crippen LogP contribution in [0.2, 0.25) is 0 Å². The monoisotopic (exact) mass is 197 g/mol. The van der Waals surface area contributed by atoms with Crippen LogP contribution in [-0.4, -0.2) is 21.7 Å². The second kappa shape index (κ2) is 3.69. The Morgan fingerprint density at radius 2 is 2.21 bits per heavy atom. The summed E-state index contributed by atoms with van der Waals surface area (Å²) in [5.41, 5.74) is -0.487. The van der Waals surface area contributed by atoms with Crippen LogP contribution in [0.4, 0.5) is 10.6 Å². The average molecular weight is 197 g/mol. The number of carbonyl (C=O) groups excluding carboxylic acids is 1. The normalized spacial score (nSPS) is 11.1. The number of aryl methyl sites for hydroxylation is 1. The van der Waals surface area contributed by atoms with Gasteiger partial charge in [0.25, 0.3) is 0 Å². The second-order valence-electron chi connectivity index (χ2n) is 4.01. The molecule has 0 saturated heterocycles. The Morgan fingerprint density at radius 1 is 1.57 bits per heavy atom. The van der Waals surface area contributed by atoms with Crippen LogP contribution in [0.15, 0.2) is 6.20 Å². The minimum absolute atomic E-state index is 0.485. The molecule has 1 aromatic heterocycles. The Morgan fingerprint density at radius 3 is 2.64 bits per heavy atom. The molecule has 1 heterocycles. The molecule has 78 valence electrons. The molecule has 0 saturated carbocycles. The molecule has 1 aromatic rings. The number of H-pyrrole nitrogens is 1. The predicted octanol–water partition coefficient (Wildman–Crippen LogP) is 2.07. The van der Waals surface area contributed by atoms with E-state index in [4.69, 9.17) is 4.74 Å². The molecule has 0 aromatic carbocycles. The van der Waals surface area contributed by atoms with E-state index in [1.807, 2.05) is 20.8 Å². The predicted molar refractivity (Wildman–Crippen MR) is 53.2 cm³/mol. The van der Waals surface area contributed by atoms with Crippen LogP contribution in [0, 0.1) is 6.92 Å². The number of amides is 1. The van der Waals surface area contributed by atoms with Crippen LogP contribution in [0.5, 0.6) is 0 Å². The summed E-state index contributed by atoms with van der Waals surface area (Å²) in [6.07, 6.45) is 1.06. The number of nitrogens with zero attached hydrogens (tertiary/aromatic N) is 1. The molecule has 0 atom stereocenters. The minimum atomic E-state index is -0.487. The van der Waals surface area contributed by atoms with E-state index in [0.717, 1.165) is 5.82 Å². The van der Waals surface area contributed by atoms with E-state index < -0.39 is 11.7 Å². The highest BCUT2D eigenvalue weighted by molar-refractivity contribution is 5.83.